The van der Waals surface area contributed by atoms with Crippen LogP contribution in [0.1, 0.15) is 26.7 Å². The summed E-state index contributed by atoms with van der Waals surface area (Å²) in [4.78, 5) is 26.9. The Kier molecular flexibility index (Phi) is 7.50. The van der Waals surface area contributed by atoms with Crippen molar-refractivity contribution in [2.45, 2.75) is 37.6 Å². The molecule has 11 heteroatoms. The van der Waals surface area contributed by atoms with E-state index in [1.807, 2.05) is 0 Å². The lowest BCUT2D eigenvalue weighted by atomic mass is 10.0. The molecule has 2 aliphatic rings. The number of piperazine rings is 1. The minimum absolute atomic E-state index is 0.104. The Morgan fingerprint density at radius 1 is 1.16 bits per heavy atom. The Hall–Kier alpha value is -2.24. The number of sulfonamides is 1. The molecule has 0 bridgehead atoms. The van der Waals surface area contributed by atoms with Gasteiger partial charge in [-0.3, -0.25) is 10.1 Å². The third-order valence-electron chi connectivity index (χ3n) is 5.73. The molecule has 10 nitrogen and oxygen atoms in total. The number of hydrogen-bond acceptors (Lipinski definition) is 6. The number of nitrogens with one attached hydrogen (secondary N) is 1. The van der Waals surface area contributed by atoms with E-state index in [0.717, 1.165) is 38.5 Å². The Labute approximate surface area is 183 Å². The van der Waals surface area contributed by atoms with Crippen molar-refractivity contribution in [1.82, 2.24) is 19.4 Å². The Morgan fingerprint density at radius 3 is 2.39 bits per heavy atom. The topological polar surface area (TPSA) is 116 Å². The predicted molar refractivity (Wildman–Crippen MR) is 116 cm³/mol. The van der Waals surface area contributed by atoms with Crippen LogP contribution in [0.15, 0.2) is 29.2 Å². The molecule has 0 radical (unpaired) electrons. The number of nitrogens with zero attached hydrogens (tertiary/aromatic N) is 4. The molecule has 0 aromatic heterocycles. The second kappa shape index (κ2) is 9.92. The summed E-state index contributed by atoms with van der Waals surface area (Å²) in [6, 6.07) is 5.03. The van der Waals surface area contributed by atoms with Crippen molar-refractivity contribution in [1.29, 1.82) is 0 Å². The van der Waals surface area contributed by atoms with Gasteiger partial charge in [0.2, 0.25) is 10.0 Å². The number of rotatable bonds is 6. The van der Waals surface area contributed by atoms with E-state index in [1.165, 1.54) is 22.5 Å². The van der Waals surface area contributed by atoms with E-state index in [9.17, 15) is 23.3 Å². The van der Waals surface area contributed by atoms with Crippen LogP contribution in [0.4, 0.5) is 10.5 Å². The van der Waals surface area contributed by atoms with E-state index in [1.54, 1.807) is 4.90 Å². The summed E-state index contributed by atoms with van der Waals surface area (Å²) in [6.45, 7) is 8.30. The van der Waals surface area contributed by atoms with Gasteiger partial charge >= 0.3 is 6.03 Å². The van der Waals surface area contributed by atoms with Crippen LogP contribution in [0, 0.1) is 16.0 Å². The monoisotopic (exact) mass is 453 g/mol. The fraction of sp³-hybridized carbons (Fsp3) is 0.650. The number of nitro benzene ring substituents is 1. The molecule has 0 saturated carbocycles. The lowest BCUT2D eigenvalue weighted by molar-refractivity contribution is -0.385. The van der Waals surface area contributed by atoms with Gasteiger partial charge in [0.05, 0.1) is 9.82 Å². The quantitative estimate of drug-likeness (QED) is 0.518. The summed E-state index contributed by atoms with van der Waals surface area (Å²) in [7, 11) is -3.85. The van der Waals surface area contributed by atoms with Crippen molar-refractivity contribution >= 4 is 21.7 Å². The lowest BCUT2D eigenvalue weighted by Gasteiger charge is -2.37. The molecule has 172 valence electrons. The van der Waals surface area contributed by atoms with E-state index in [4.69, 9.17) is 0 Å². The van der Waals surface area contributed by atoms with Crippen molar-refractivity contribution < 1.29 is 18.1 Å². The third kappa shape index (κ3) is 5.92. The molecule has 0 unspecified atom stereocenters. The zero-order chi connectivity index (χ0) is 22.6. The first kappa shape index (κ1) is 23.4. The highest BCUT2D eigenvalue weighted by Gasteiger charge is 2.32. The van der Waals surface area contributed by atoms with Crippen molar-refractivity contribution in [2.75, 3.05) is 45.8 Å². The molecule has 31 heavy (non-hydrogen) atoms. The molecular formula is C20H31N5O5S. The molecule has 0 atom stereocenters. The first-order valence-electron chi connectivity index (χ1n) is 10.7. The maximum atomic E-state index is 12.8. The van der Waals surface area contributed by atoms with Crippen LogP contribution in [-0.2, 0) is 10.0 Å². The Bertz CT molecular complexity index is 891. The molecule has 0 aliphatic carbocycles. The number of nitro groups is 1. The zero-order valence-corrected chi connectivity index (χ0v) is 18.9. The van der Waals surface area contributed by atoms with Crippen LogP contribution >= 0.6 is 0 Å². The largest absolute Gasteiger partial charge is 0.335 e. The van der Waals surface area contributed by atoms with Crippen LogP contribution in [0.5, 0.6) is 0 Å². The molecule has 1 aromatic carbocycles. The highest BCUT2D eigenvalue weighted by atomic mass is 32.2. The van der Waals surface area contributed by atoms with Gasteiger partial charge in [0.1, 0.15) is 0 Å². The van der Waals surface area contributed by atoms with E-state index < -0.39 is 14.9 Å². The highest BCUT2D eigenvalue weighted by Crippen LogP contribution is 2.22. The average molecular weight is 454 g/mol. The highest BCUT2D eigenvalue weighted by molar-refractivity contribution is 7.89. The van der Waals surface area contributed by atoms with Gasteiger partial charge < -0.3 is 15.1 Å². The molecule has 2 saturated heterocycles. The Morgan fingerprint density at radius 2 is 1.81 bits per heavy atom. The van der Waals surface area contributed by atoms with Crippen molar-refractivity contribution in [3.63, 3.8) is 0 Å². The van der Waals surface area contributed by atoms with Crippen molar-refractivity contribution in [2.24, 2.45) is 5.92 Å². The molecular weight excluding hydrogens is 422 g/mol. The maximum Gasteiger partial charge on any atom is 0.317 e. The summed E-state index contributed by atoms with van der Waals surface area (Å²) >= 11 is 0. The molecule has 2 heterocycles. The lowest BCUT2D eigenvalue weighted by Crippen LogP contribution is -2.55. The molecule has 1 N–H and O–H groups in total. The number of hydrogen-bond donors (Lipinski definition) is 1. The van der Waals surface area contributed by atoms with Gasteiger partial charge in [-0.25, -0.2) is 13.2 Å². The van der Waals surface area contributed by atoms with Crippen LogP contribution in [0.3, 0.4) is 0 Å². The van der Waals surface area contributed by atoms with Gasteiger partial charge in [0.15, 0.2) is 0 Å². The van der Waals surface area contributed by atoms with Crippen molar-refractivity contribution in [3.05, 3.63) is 34.4 Å². The second-order valence-corrected chi connectivity index (χ2v) is 10.5. The molecule has 0 spiro atoms. The number of benzene rings is 1. The third-order valence-corrected chi connectivity index (χ3v) is 7.63. The fourth-order valence-electron chi connectivity index (χ4n) is 4.08. The van der Waals surface area contributed by atoms with Gasteiger partial charge in [-0.15, -0.1) is 0 Å². The van der Waals surface area contributed by atoms with Crippen LogP contribution < -0.4 is 5.32 Å². The first-order valence-corrected chi connectivity index (χ1v) is 12.1. The predicted octanol–water partition coefficient (Wildman–Crippen LogP) is 1.73. The van der Waals surface area contributed by atoms with Crippen molar-refractivity contribution in [3.8, 4) is 0 Å². The summed E-state index contributed by atoms with van der Waals surface area (Å²) < 4.78 is 27.0. The van der Waals surface area contributed by atoms with Gasteiger partial charge in [-0.2, -0.15) is 4.31 Å². The Balaban J connectivity index is 1.50. The standard InChI is InChI=1S/C20H31N5O5S/c1-16(2)15-22-8-6-17(7-9-22)21-20(26)23-10-12-24(13-11-23)31(29,30)19-5-3-4-18(14-19)25(27)28/h3-5,14,16-17H,6-13,15H2,1-2H3,(H,21,26). The number of piperidine rings is 1. The minimum atomic E-state index is -3.85. The van der Waals surface area contributed by atoms with Gasteiger partial charge in [-0.05, 0) is 24.8 Å². The summed E-state index contributed by atoms with van der Waals surface area (Å²) in [5.74, 6) is 0.626. The smallest absolute Gasteiger partial charge is 0.317 e. The van der Waals surface area contributed by atoms with Crippen LogP contribution in [0.2, 0.25) is 0 Å². The number of carbonyl (C=O) groups excluding carboxylic acids is 1. The molecule has 2 amide bonds. The maximum absolute atomic E-state index is 12.8. The molecule has 2 fully saturated rings. The first-order chi connectivity index (χ1) is 14.7. The van der Waals surface area contributed by atoms with E-state index in [2.05, 4.69) is 24.1 Å². The summed E-state index contributed by atoms with van der Waals surface area (Å²) in [6.07, 6.45) is 1.83. The van der Waals surface area contributed by atoms with Crippen LogP contribution in [0.25, 0.3) is 0 Å². The number of non-ortho nitro benzene ring substituents is 1. The van der Waals surface area contributed by atoms with Gasteiger partial charge in [0.25, 0.3) is 5.69 Å². The van der Waals surface area contributed by atoms with Gasteiger partial charge in [-0.1, -0.05) is 19.9 Å². The number of amides is 2. The molecule has 2 aliphatic heterocycles. The summed E-state index contributed by atoms with van der Waals surface area (Å²) in [5.41, 5.74) is -0.265. The SMILES string of the molecule is CC(C)CN1CCC(NC(=O)N2CCN(S(=O)(=O)c3cccc([N+](=O)[O-])c3)CC2)CC1. The number of carbonyl (C=O) groups is 1. The zero-order valence-electron chi connectivity index (χ0n) is 18.1. The van der Waals surface area contributed by atoms with E-state index in [-0.39, 0.29) is 48.8 Å². The average Bonchev–Trinajstić information content (AvgIpc) is 2.75. The van der Waals surface area contributed by atoms with Gasteiger partial charge in [0, 0.05) is 64.0 Å². The number of urea groups is 1. The summed E-state index contributed by atoms with van der Waals surface area (Å²) in [5, 5.41) is 14.0. The van der Waals surface area contributed by atoms with Crippen LogP contribution in [-0.4, -0.2) is 85.3 Å². The minimum Gasteiger partial charge on any atom is -0.335 e. The van der Waals surface area contributed by atoms with E-state index >= 15 is 0 Å². The fourth-order valence-corrected chi connectivity index (χ4v) is 5.54. The number of likely N-dealkylation sites (tertiary alicyclic amines) is 1. The normalized spacial score (nSPS) is 19.5. The van der Waals surface area contributed by atoms with E-state index in [0.29, 0.717) is 5.92 Å². The molecule has 3 rings (SSSR count). The second-order valence-electron chi connectivity index (χ2n) is 8.56. The molecule has 1 aromatic rings.